The van der Waals surface area contributed by atoms with Gasteiger partial charge in [-0.1, -0.05) is 48.9 Å². The zero-order valence-electron chi connectivity index (χ0n) is 13.4. The summed E-state index contributed by atoms with van der Waals surface area (Å²) in [5, 5.41) is 0. The van der Waals surface area contributed by atoms with Crippen molar-refractivity contribution in [1.82, 2.24) is 4.90 Å². The van der Waals surface area contributed by atoms with Crippen molar-refractivity contribution in [2.75, 3.05) is 19.7 Å². The molecule has 2 aromatic carbocycles. The normalized spacial score (nSPS) is 15.7. The van der Waals surface area contributed by atoms with E-state index < -0.39 is 0 Å². The molecule has 1 heterocycles. The van der Waals surface area contributed by atoms with Gasteiger partial charge in [0.1, 0.15) is 5.75 Å². The van der Waals surface area contributed by atoms with Crippen LogP contribution in [0.4, 0.5) is 0 Å². The molecule has 1 aliphatic rings. The van der Waals surface area contributed by atoms with Gasteiger partial charge in [-0.25, -0.2) is 0 Å². The third-order valence-corrected chi connectivity index (χ3v) is 4.34. The fraction of sp³-hybridized carbons (Fsp3) is 0.400. The second-order valence-electron chi connectivity index (χ2n) is 5.92. The largest absolute Gasteiger partial charge is 0.493 e. The van der Waals surface area contributed by atoms with Gasteiger partial charge in [0.25, 0.3) is 0 Å². The van der Waals surface area contributed by atoms with Crippen molar-refractivity contribution in [2.24, 2.45) is 0 Å². The average molecular weight is 295 g/mol. The first-order valence-electron chi connectivity index (χ1n) is 8.41. The number of likely N-dealkylation sites (tertiary alicyclic amines) is 1. The maximum absolute atomic E-state index is 5.82. The van der Waals surface area contributed by atoms with Crippen LogP contribution in [-0.2, 0) is 6.54 Å². The fourth-order valence-electron chi connectivity index (χ4n) is 3.25. The minimum Gasteiger partial charge on any atom is -0.493 e. The summed E-state index contributed by atoms with van der Waals surface area (Å²) in [5.41, 5.74) is 3.91. The van der Waals surface area contributed by atoms with Crippen LogP contribution in [0.2, 0.25) is 0 Å². The van der Waals surface area contributed by atoms with Crippen LogP contribution in [0.25, 0.3) is 11.1 Å². The first-order valence-corrected chi connectivity index (χ1v) is 8.41. The summed E-state index contributed by atoms with van der Waals surface area (Å²) in [7, 11) is 0. The molecule has 2 heteroatoms. The Bertz CT molecular complexity index is 602. The van der Waals surface area contributed by atoms with Crippen molar-refractivity contribution in [2.45, 2.75) is 32.7 Å². The number of rotatable bonds is 5. The summed E-state index contributed by atoms with van der Waals surface area (Å²) in [6, 6.07) is 17.1. The molecular weight excluding hydrogens is 270 g/mol. The number of para-hydroxylation sites is 1. The number of piperidine rings is 1. The van der Waals surface area contributed by atoms with Gasteiger partial charge < -0.3 is 4.74 Å². The Kier molecular flexibility index (Phi) is 5.12. The lowest BCUT2D eigenvalue weighted by atomic mass is 9.98. The Labute approximate surface area is 133 Å². The van der Waals surface area contributed by atoms with Crippen LogP contribution in [0.15, 0.2) is 48.5 Å². The lowest BCUT2D eigenvalue weighted by molar-refractivity contribution is 0.221. The van der Waals surface area contributed by atoms with Crippen molar-refractivity contribution in [3.63, 3.8) is 0 Å². The second-order valence-corrected chi connectivity index (χ2v) is 5.92. The number of nitrogens with zero attached hydrogens (tertiary/aromatic N) is 1. The molecule has 1 aliphatic heterocycles. The molecule has 1 saturated heterocycles. The maximum Gasteiger partial charge on any atom is 0.127 e. The van der Waals surface area contributed by atoms with Gasteiger partial charge in [0.2, 0.25) is 0 Å². The van der Waals surface area contributed by atoms with E-state index in [1.54, 1.807) is 0 Å². The minimum atomic E-state index is 0.700. The number of ether oxygens (including phenoxy) is 1. The van der Waals surface area contributed by atoms with E-state index in [4.69, 9.17) is 4.74 Å². The Morgan fingerprint density at radius 3 is 2.32 bits per heavy atom. The first kappa shape index (κ1) is 15.1. The molecule has 0 amide bonds. The van der Waals surface area contributed by atoms with Crippen molar-refractivity contribution in [1.29, 1.82) is 0 Å². The van der Waals surface area contributed by atoms with Gasteiger partial charge >= 0.3 is 0 Å². The topological polar surface area (TPSA) is 12.5 Å². The van der Waals surface area contributed by atoms with Crippen LogP contribution >= 0.6 is 0 Å². The van der Waals surface area contributed by atoms with Gasteiger partial charge in [0.05, 0.1) is 6.61 Å². The molecule has 0 saturated carbocycles. The number of benzene rings is 2. The highest BCUT2D eigenvalue weighted by Crippen LogP contribution is 2.33. The van der Waals surface area contributed by atoms with Crippen molar-refractivity contribution in [3.8, 4) is 16.9 Å². The SMILES string of the molecule is CCOc1ccccc1-c1ccccc1CN1CCCCC1. The summed E-state index contributed by atoms with van der Waals surface area (Å²) in [6.07, 6.45) is 4.04. The summed E-state index contributed by atoms with van der Waals surface area (Å²) in [5.74, 6) is 0.982. The van der Waals surface area contributed by atoms with E-state index >= 15 is 0 Å². The molecule has 3 rings (SSSR count). The average Bonchev–Trinajstić information content (AvgIpc) is 2.57. The Morgan fingerprint density at radius 2 is 1.55 bits per heavy atom. The number of hydrogen-bond donors (Lipinski definition) is 0. The van der Waals surface area contributed by atoms with Gasteiger partial charge in [0.15, 0.2) is 0 Å². The van der Waals surface area contributed by atoms with Crippen LogP contribution in [-0.4, -0.2) is 24.6 Å². The molecule has 0 aromatic heterocycles. The highest BCUT2D eigenvalue weighted by atomic mass is 16.5. The lowest BCUT2D eigenvalue weighted by Crippen LogP contribution is -2.29. The van der Waals surface area contributed by atoms with Crippen LogP contribution in [0.3, 0.4) is 0 Å². The number of hydrogen-bond acceptors (Lipinski definition) is 2. The standard InChI is InChI=1S/C20H25NO/c1-2-22-20-13-7-6-12-19(20)18-11-5-4-10-17(18)16-21-14-8-3-9-15-21/h4-7,10-13H,2-3,8-9,14-16H2,1H3. The molecule has 0 bridgehead atoms. The summed E-state index contributed by atoms with van der Waals surface area (Å²) < 4.78 is 5.82. The highest BCUT2D eigenvalue weighted by molar-refractivity contribution is 5.73. The van der Waals surface area contributed by atoms with E-state index in [0.717, 1.165) is 12.3 Å². The highest BCUT2D eigenvalue weighted by Gasteiger charge is 2.14. The molecule has 0 unspecified atom stereocenters. The lowest BCUT2D eigenvalue weighted by Gasteiger charge is -2.27. The zero-order valence-corrected chi connectivity index (χ0v) is 13.4. The maximum atomic E-state index is 5.82. The summed E-state index contributed by atoms with van der Waals surface area (Å²) in [6.45, 7) is 6.22. The molecule has 0 radical (unpaired) electrons. The van der Waals surface area contributed by atoms with E-state index in [0.29, 0.717) is 6.61 Å². The van der Waals surface area contributed by atoms with Crippen LogP contribution in [0.5, 0.6) is 5.75 Å². The molecular formula is C20H25NO. The van der Waals surface area contributed by atoms with Gasteiger partial charge in [-0.2, -0.15) is 0 Å². The molecule has 22 heavy (non-hydrogen) atoms. The van der Waals surface area contributed by atoms with E-state index in [1.165, 1.54) is 49.0 Å². The monoisotopic (exact) mass is 295 g/mol. The van der Waals surface area contributed by atoms with Crippen molar-refractivity contribution in [3.05, 3.63) is 54.1 Å². The van der Waals surface area contributed by atoms with E-state index in [-0.39, 0.29) is 0 Å². The van der Waals surface area contributed by atoms with E-state index in [9.17, 15) is 0 Å². The van der Waals surface area contributed by atoms with Crippen LogP contribution in [0, 0.1) is 0 Å². The molecule has 1 fully saturated rings. The van der Waals surface area contributed by atoms with Crippen LogP contribution < -0.4 is 4.74 Å². The zero-order chi connectivity index (χ0) is 15.2. The summed E-state index contributed by atoms with van der Waals surface area (Å²) in [4.78, 5) is 2.58. The molecule has 2 nitrogen and oxygen atoms in total. The smallest absolute Gasteiger partial charge is 0.127 e. The predicted molar refractivity (Wildman–Crippen MR) is 92.2 cm³/mol. The van der Waals surface area contributed by atoms with E-state index in [1.807, 2.05) is 13.0 Å². The molecule has 2 aromatic rings. The Morgan fingerprint density at radius 1 is 0.864 bits per heavy atom. The van der Waals surface area contributed by atoms with Gasteiger partial charge in [-0.15, -0.1) is 0 Å². The third-order valence-electron chi connectivity index (χ3n) is 4.34. The van der Waals surface area contributed by atoms with Crippen LogP contribution in [0.1, 0.15) is 31.7 Å². The molecule has 0 spiro atoms. The quantitative estimate of drug-likeness (QED) is 0.790. The fourth-order valence-corrected chi connectivity index (χ4v) is 3.25. The second kappa shape index (κ2) is 7.46. The first-order chi connectivity index (χ1) is 10.9. The van der Waals surface area contributed by atoms with Crippen molar-refractivity contribution >= 4 is 0 Å². The van der Waals surface area contributed by atoms with Gasteiger partial charge in [-0.3, -0.25) is 4.90 Å². The molecule has 0 atom stereocenters. The Hall–Kier alpha value is -1.80. The van der Waals surface area contributed by atoms with Crippen molar-refractivity contribution < 1.29 is 4.74 Å². The predicted octanol–water partition coefficient (Wildman–Crippen LogP) is 4.74. The van der Waals surface area contributed by atoms with Gasteiger partial charge in [0, 0.05) is 12.1 Å². The summed E-state index contributed by atoms with van der Waals surface area (Å²) >= 11 is 0. The molecule has 116 valence electrons. The minimum absolute atomic E-state index is 0.700. The molecule has 0 N–H and O–H groups in total. The molecule has 0 aliphatic carbocycles. The van der Waals surface area contributed by atoms with E-state index in [2.05, 4.69) is 47.4 Å². The van der Waals surface area contributed by atoms with Gasteiger partial charge in [-0.05, 0) is 50.0 Å². The Balaban J connectivity index is 1.90. The third kappa shape index (κ3) is 3.50.